The van der Waals surface area contributed by atoms with Crippen LogP contribution < -0.4 is 0 Å². The first-order chi connectivity index (χ1) is 62.7. The maximum Gasteiger partial charge on any atom is 0.135 e. The summed E-state index contributed by atoms with van der Waals surface area (Å²) in [5, 5.41) is 11.8. The fourth-order valence-corrected chi connectivity index (χ4v) is 19.6. The Morgan fingerprint density at radius 3 is 0.724 bits per heavy atom. The van der Waals surface area contributed by atoms with Crippen molar-refractivity contribution in [3.8, 4) is 128 Å². The molecular weight excluding hydrogens is 1540 g/mol. The molecule has 5 aromatic heterocycles. The van der Waals surface area contributed by atoms with Crippen molar-refractivity contribution in [2.24, 2.45) is 0 Å². The van der Waals surface area contributed by atoms with E-state index in [-0.39, 0.29) is 0 Å². The summed E-state index contributed by atoms with van der Waals surface area (Å²) in [6.07, 6.45) is 0. The van der Waals surface area contributed by atoms with Crippen LogP contribution in [0, 0.1) is 13.8 Å². The van der Waals surface area contributed by atoms with E-state index in [0.717, 1.165) is 60.9 Å². The summed E-state index contributed by atoms with van der Waals surface area (Å²) in [6.45, 7) is 4.29. The Hall–Kier alpha value is -16.6. The van der Waals surface area contributed by atoms with E-state index < -0.39 is 0 Å². The zero-order valence-corrected chi connectivity index (χ0v) is 70.0. The van der Waals surface area contributed by atoms with Crippen molar-refractivity contribution >= 4 is 109 Å². The van der Waals surface area contributed by atoms with Gasteiger partial charge in [0.1, 0.15) is 22.3 Å². The fourth-order valence-electron chi connectivity index (χ4n) is 19.6. The molecule has 0 aliphatic rings. The molecule has 0 amide bonds. The standard InChI is InChI=1S/C66H42N2O.C56H39NO/c1-2-14-43(15-3-1)44-16-10-17-45(36-44)46-18-11-19-47(37-46)48-20-12-21-49(38-48)50-22-13-23-51(39-50)52-30-33-63-58(40-52)55-24-4-7-27-61(55)67(63)53-31-34-64-59(41-53)56-25-5-8-28-62(56)68(64)54-32-35-66-60(42-54)57-26-6-9-29-65(57)69-66;1-36-10-5-12-38(28-36)40-14-7-15-41(30-40)42-16-8-17-43(31-42)44-18-9-19-45(32-44)46-22-25-54-50(33-46)49-20-3-4-21-53(49)57(54)48-24-27-56-52(35-48)51-34-47(23-26-55(51)58-56)39-13-6-11-37(2)29-39/h1-42H;3-35H,1-2H3. The molecule has 20 aromatic carbocycles. The Balaban J connectivity index is 0.000000144. The largest absolute Gasteiger partial charge is 0.456 e. The molecule has 0 saturated carbocycles. The first kappa shape index (κ1) is 74.2. The van der Waals surface area contributed by atoms with E-state index in [0.29, 0.717) is 0 Å². The van der Waals surface area contributed by atoms with Gasteiger partial charge in [0.25, 0.3) is 0 Å². The quantitative estimate of drug-likeness (QED) is 0.115. The molecule has 0 unspecified atom stereocenters. The van der Waals surface area contributed by atoms with E-state index in [9.17, 15) is 0 Å². The number of benzene rings is 20. The molecule has 0 bridgehead atoms. The van der Waals surface area contributed by atoms with E-state index in [1.54, 1.807) is 0 Å². The second-order valence-corrected chi connectivity index (χ2v) is 33.7. The number of nitrogens with zero attached hydrogens (tertiary/aromatic N) is 3. The molecule has 25 aromatic rings. The third kappa shape index (κ3) is 13.4. The molecule has 0 spiro atoms. The number of fused-ring (bicyclic) bond motifs is 15. The predicted molar refractivity (Wildman–Crippen MR) is 534 cm³/mol. The lowest BCUT2D eigenvalue weighted by molar-refractivity contribution is 0.668. The van der Waals surface area contributed by atoms with Gasteiger partial charge in [-0.25, -0.2) is 0 Å². The van der Waals surface area contributed by atoms with Gasteiger partial charge in [0.2, 0.25) is 0 Å². The zero-order chi connectivity index (χ0) is 84.2. The third-order valence-corrected chi connectivity index (χ3v) is 25.8. The van der Waals surface area contributed by atoms with Crippen LogP contribution in [-0.4, -0.2) is 13.7 Å². The summed E-state index contributed by atoms with van der Waals surface area (Å²) in [5.41, 5.74) is 40.6. The zero-order valence-electron chi connectivity index (χ0n) is 70.0. The number of rotatable bonds is 13. The molecule has 0 atom stereocenters. The van der Waals surface area contributed by atoms with Crippen molar-refractivity contribution in [1.29, 1.82) is 0 Å². The number of para-hydroxylation sites is 4. The van der Waals surface area contributed by atoms with E-state index in [2.05, 4.69) is 470 Å². The number of furan rings is 2. The molecule has 5 nitrogen and oxygen atoms in total. The van der Waals surface area contributed by atoms with E-state index in [1.807, 2.05) is 12.1 Å². The average Bonchev–Trinajstić information content (AvgIpc) is 1.57. The summed E-state index contributed by atoms with van der Waals surface area (Å²) in [4.78, 5) is 0. The fraction of sp³-hybridized carbons (Fsp3) is 0.0164. The lowest BCUT2D eigenvalue weighted by Crippen LogP contribution is -1.95. The van der Waals surface area contributed by atoms with Gasteiger partial charge in [0.15, 0.2) is 0 Å². The molecule has 0 saturated heterocycles. The minimum atomic E-state index is 0.893. The van der Waals surface area contributed by atoms with Gasteiger partial charge in [-0.3, -0.25) is 0 Å². The highest BCUT2D eigenvalue weighted by Crippen LogP contribution is 2.45. The van der Waals surface area contributed by atoms with Crippen LogP contribution >= 0.6 is 0 Å². The van der Waals surface area contributed by atoms with Gasteiger partial charge in [0.05, 0.1) is 33.1 Å². The topological polar surface area (TPSA) is 41.1 Å². The third-order valence-electron chi connectivity index (χ3n) is 25.8. The number of hydrogen-bond donors (Lipinski definition) is 0. The average molecular weight is 1620 g/mol. The van der Waals surface area contributed by atoms with E-state index in [4.69, 9.17) is 8.83 Å². The van der Waals surface area contributed by atoms with Crippen LogP contribution in [0.2, 0.25) is 0 Å². The Morgan fingerprint density at radius 1 is 0.134 bits per heavy atom. The van der Waals surface area contributed by atoms with Gasteiger partial charge < -0.3 is 22.5 Å². The van der Waals surface area contributed by atoms with Crippen molar-refractivity contribution in [3.05, 3.63) is 466 Å². The molecule has 0 radical (unpaired) electrons. The lowest BCUT2D eigenvalue weighted by Gasteiger charge is -2.11. The van der Waals surface area contributed by atoms with Crippen molar-refractivity contribution in [2.45, 2.75) is 13.8 Å². The Bertz CT molecular complexity index is 8700. The molecule has 0 N–H and O–H groups in total. The Labute approximate surface area is 735 Å². The van der Waals surface area contributed by atoms with E-state index in [1.165, 1.54) is 188 Å². The molecule has 5 heteroatoms. The van der Waals surface area contributed by atoms with E-state index >= 15 is 0 Å². The summed E-state index contributed by atoms with van der Waals surface area (Å²) >= 11 is 0. The highest BCUT2D eigenvalue weighted by Gasteiger charge is 2.22. The predicted octanol–water partition coefficient (Wildman–Crippen LogP) is 33.8. The smallest absolute Gasteiger partial charge is 0.135 e. The first-order valence-corrected chi connectivity index (χ1v) is 43.6. The normalized spacial score (nSPS) is 11.7. The van der Waals surface area contributed by atoms with Crippen molar-refractivity contribution in [2.75, 3.05) is 0 Å². The molecule has 0 aliphatic heterocycles. The highest BCUT2D eigenvalue weighted by atomic mass is 16.3. The van der Waals surface area contributed by atoms with Gasteiger partial charge in [-0.1, -0.05) is 308 Å². The van der Waals surface area contributed by atoms with Crippen LogP contribution in [0.5, 0.6) is 0 Å². The van der Waals surface area contributed by atoms with Crippen molar-refractivity contribution in [3.63, 3.8) is 0 Å². The summed E-state index contributed by atoms with van der Waals surface area (Å²) in [6, 6.07) is 165. The minimum Gasteiger partial charge on any atom is -0.456 e. The maximum atomic E-state index is 6.37. The van der Waals surface area contributed by atoms with Gasteiger partial charge in [0, 0.05) is 70.9 Å². The number of aryl methyl sites for hydroxylation is 2. The maximum absolute atomic E-state index is 6.37. The van der Waals surface area contributed by atoms with Gasteiger partial charge in [-0.15, -0.1) is 0 Å². The van der Waals surface area contributed by atoms with Crippen molar-refractivity contribution in [1.82, 2.24) is 13.7 Å². The Kier molecular flexibility index (Phi) is 18.0. The highest BCUT2D eigenvalue weighted by molar-refractivity contribution is 6.16. The van der Waals surface area contributed by atoms with Gasteiger partial charge in [-0.2, -0.15) is 0 Å². The molecule has 25 rings (SSSR count). The lowest BCUT2D eigenvalue weighted by atomic mass is 9.94. The van der Waals surface area contributed by atoms with Gasteiger partial charge in [-0.05, 0) is 283 Å². The summed E-state index contributed by atoms with van der Waals surface area (Å²) < 4.78 is 19.8. The van der Waals surface area contributed by atoms with Crippen molar-refractivity contribution < 1.29 is 8.83 Å². The second-order valence-electron chi connectivity index (χ2n) is 33.7. The van der Waals surface area contributed by atoms with Gasteiger partial charge >= 0.3 is 0 Å². The molecule has 0 fully saturated rings. The number of aromatic nitrogens is 3. The SMILES string of the molecule is Cc1cccc(-c2cccc(-c3cccc(-c4cccc(-c5ccc6c(c5)c5ccccc5n6-c5ccc6oc7ccc(-c8cccc(C)c8)cc7c6c5)c4)c3)c2)c1.c1ccc(-c2cccc(-c3cccc(-c4cccc(-c5cccc(-c6ccc7c(c6)c6ccccc6n7-c6ccc7c(c6)c6ccccc6n7-c6ccc7oc8ccccc8c7c6)c5)c4)c3)c2)cc1. The summed E-state index contributed by atoms with van der Waals surface area (Å²) in [5.74, 6) is 0. The summed E-state index contributed by atoms with van der Waals surface area (Å²) in [7, 11) is 0. The molecule has 596 valence electrons. The second kappa shape index (κ2) is 30.8. The van der Waals surface area contributed by atoms with Crippen LogP contribution in [-0.2, 0) is 0 Å². The van der Waals surface area contributed by atoms with Crippen LogP contribution in [0.15, 0.2) is 464 Å². The monoisotopic (exact) mass is 1620 g/mol. The number of hydrogen-bond acceptors (Lipinski definition) is 2. The minimum absolute atomic E-state index is 0.893. The van der Waals surface area contributed by atoms with Crippen LogP contribution in [0.4, 0.5) is 0 Å². The molecule has 5 heterocycles. The molecule has 0 aliphatic carbocycles. The van der Waals surface area contributed by atoms with Crippen LogP contribution in [0.3, 0.4) is 0 Å². The first-order valence-electron chi connectivity index (χ1n) is 43.6. The van der Waals surface area contributed by atoms with Crippen LogP contribution in [0.25, 0.3) is 238 Å². The molecule has 127 heavy (non-hydrogen) atoms. The Morgan fingerprint density at radius 2 is 0.354 bits per heavy atom. The molecular formula is C122H81N3O2. The van der Waals surface area contributed by atoms with Crippen LogP contribution in [0.1, 0.15) is 11.1 Å².